The van der Waals surface area contributed by atoms with Gasteiger partial charge in [0, 0.05) is 18.2 Å². The quantitative estimate of drug-likeness (QED) is 0.381. The summed E-state index contributed by atoms with van der Waals surface area (Å²) in [4.78, 5) is 42.8. The van der Waals surface area contributed by atoms with Gasteiger partial charge in [-0.05, 0) is 53.1 Å². The molecule has 3 aromatic carbocycles. The van der Waals surface area contributed by atoms with Crippen LogP contribution in [0, 0.1) is 11.6 Å². The number of pyridine rings is 1. The van der Waals surface area contributed by atoms with Crippen molar-refractivity contribution in [3.05, 3.63) is 124 Å². The standard InChI is InChI=1S/C28H22F2N2O4/c1-36-28(35)25(16-18-9-11-19(12-10-18)21-13-14-22(29)23(30)17-21)32(24-8-5-15-31-26(24)33)27(34)20-6-3-2-4-7-20/h2-15,17,25H,16H2,1H3,(H,31,33). The highest BCUT2D eigenvalue weighted by atomic mass is 19.2. The molecule has 0 bridgehead atoms. The number of ether oxygens (including phenoxy) is 1. The van der Waals surface area contributed by atoms with Gasteiger partial charge in [0.15, 0.2) is 11.6 Å². The topological polar surface area (TPSA) is 79.5 Å². The van der Waals surface area contributed by atoms with Gasteiger partial charge >= 0.3 is 5.97 Å². The molecule has 1 heterocycles. The minimum atomic E-state index is -1.15. The molecule has 1 aromatic heterocycles. The SMILES string of the molecule is COC(=O)C(Cc1ccc(-c2ccc(F)c(F)c2)cc1)N(C(=O)c1ccccc1)c1ccc[nH]c1=O. The highest BCUT2D eigenvalue weighted by Crippen LogP contribution is 2.24. The zero-order valence-corrected chi connectivity index (χ0v) is 19.3. The van der Waals surface area contributed by atoms with Crippen LogP contribution < -0.4 is 10.5 Å². The summed E-state index contributed by atoms with van der Waals surface area (Å²) in [5.74, 6) is -3.13. The van der Waals surface area contributed by atoms with E-state index < -0.39 is 35.1 Å². The molecule has 1 unspecified atom stereocenters. The number of halogens is 2. The fraction of sp³-hybridized carbons (Fsp3) is 0.107. The van der Waals surface area contributed by atoms with E-state index in [1.54, 1.807) is 60.7 Å². The number of rotatable bonds is 7. The predicted molar refractivity (Wildman–Crippen MR) is 132 cm³/mol. The maximum absolute atomic E-state index is 13.7. The molecule has 0 aliphatic rings. The number of nitrogens with one attached hydrogen (secondary N) is 1. The number of hydrogen-bond donors (Lipinski definition) is 1. The second-order valence-electron chi connectivity index (χ2n) is 7.99. The molecule has 4 aromatic rings. The highest BCUT2D eigenvalue weighted by molar-refractivity contribution is 6.09. The number of hydrogen-bond acceptors (Lipinski definition) is 4. The van der Waals surface area contributed by atoms with E-state index in [9.17, 15) is 23.2 Å². The molecular formula is C28H22F2N2O4. The summed E-state index contributed by atoms with van der Waals surface area (Å²) in [7, 11) is 1.21. The first-order valence-corrected chi connectivity index (χ1v) is 11.1. The molecule has 0 aliphatic heterocycles. The molecule has 0 fully saturated rings. The Hall–Kier alpha value is -4.59. The summed E-state index contributed by atoms with van der Waals surface area (Å²) in [5, 5.41) is 0. The predicted octanol–water partition coefficient (Wildman–Crippen LogP) is 4.75. The number of esters is 1. The molecule has 6 nitrogen and oxygen atoms in total. The third kappa shape index (κ3) is 5.22. The van der Waals surface area contributed by atoms with E-state index in [2.05, 4.69) is 4.98 Å². The average Bonchev–Trinajstić information content (AvgIpc) is 2.91. The van der Waals surface area contributed by atoms with Crippen LogP contribution in [-0.4, -0.2) is 30.0 Å². The Balaban J connectivity index is 1.72. The summed E-state index contributed by atoms with van der Waals surface area (Å²) in [5.41, 5.74) is 1.55. The molecule has 0 radical (unpaired) electrons. The van der Waals surface area contributed by atoms with Gasteiger partial charge in [0.1, 0.15) is 11.7 Å². The van der Waals surface area contributed by atoms with Crippen molar-refractivity contribution < 1.29 is 23.1 Å². The number of carbonyl (C=O) groups excluding carboxylic acids is 2. The number of nitrogens with zero attached hydrogens (tertiary/aromatic N) is 1. The molecule has 36 heavy (non-hydrogen) atoms. The molecule has 0 aliphatic carbocycles. The summed E-state index contributed by atoms with van der Waals surface area (Å²) >= 11 is 0. The fourth-order valence-electron chi connectivity index (χ4n) is 3.89. The molecule has 0 spiro atoms. The lowest BCUT2D eigenvalue weighted by Crippen LogP contribution is -2.49. The van der Waals surface area contributed by atoms with E-state index in [4.69, 9.17) is 4.74 Å². The van der Waals surface area contributed by atoms with Gasteiger partial charge in [-0.2, -0.15) is 0 Å². The van der Waals surface area contributed by atoms with Crippen molar-refractivity contribution in [2.45, 2.75) is 12.5 Å². The summed E-state index contributed by atoms with van der Waals surface area (Å²) < 4.78 is 31.9. The number of methoxy groups -OCH3 is 1. The Morgan fingerprint density at radius 2 is 1.58 bits per heavy atom. The summed E-state index contributed by atoms with van der Waals surface area (Å²) in [6, 6.07) is 20.6. The minimum Gasteiger partial charge on any atom is -0.467 e. The Bertz CT molecular complexity index is 1440. The number of H-pyrrole nitrogens is 1. The van der Waals surface area contributed by atoms with Gasteiger partial charge in [-0.3, -0.25) is 14.5 Å². The van der Waals surface area contributed by atoms with E-state index in [-0.39, 0.29) is 12.1 Å². The van der Waals surface area contributed by atoms with Crippen molar-refractivity contribution >= 4 is 17.6 Å². The second-order valence-corrected chi connectivity index (χ2v) is 7.99. The first-order chi connectivity index (χ1) is 17.4. The largest absolute Gasteiger partial charge is 0.467 e. The van der Waals surface area contributed by atoms with Crippen molar-refractivity contribution in [2.24, 2.45) is 0 Å². The van der Waals surface area contributed by atoms with Crippen molar-refractivity contribution in [2.75, 3.05) is 12.0 Å². The zero-order valence-electron chi connectivity index (χ0n) is 19.3. The summed E-state index contributed by atoms with van der Waals surface area (Å²) in [6.45, 7) is 0. The number of amides is 1. The lowest BCUT2D eigenvalue weighted by atomic mass is 9.99. The number of carbonyl (C=O) groups is 2. The molecule has 1 atom stereocenters. The molecule has 182 valence electrons. The highest BCUT2D eigenvalue weighted by Gasteiger charge is 2.34. The average molecular weight is 488 g/mol. The Morgan fingerprint density at radius 3 is 2.22 bits per heavy atom. The molecule has 1 N–H and O–H groups in total. The van der Waals surface area contributed by atoms with Crippen LogP contribution in [-0.2, 0) is 16.0 Å². The van der Waals surface area contributed by atoms with E-state index in [0.717, 1.165) is 17.0 Å². The molecule has 4 rings (SSSR count). The lowest BCUT2D eigenvalue weighted by molar-refractivity contribution is -0.142. The van der Waals surface area contributed by atoms with Gasteiger partial charge in [0.05, 0.1) is 7.11 Å². The number of anilines is 1. The molecular weight excluding hydrogens is 466 g/mol. The van der Waals surface area contributed by atoms with E-state index in [1.807, 2.05) is 0 Å². The maximum Gasteiger partial charge on any atom is 0.329 e. The number of aromatic amines is 1. The van der Waals surface area contributed by atoms with Crippen LogP contribution >= 0.6 is 0 Å². The van der Waals surface area contributed by atoms with Crippen LogP contribution in [0.15, 0.2) is 95.9 Å². The first-order valence-electron chi connectivity index (χ1n) is 11.1. The van der Waals surface area contributed by atoms with Gasteiger partial charge in [-0.1, -0.05) is 48.5 Å². The van der Waals surface area contributed by atoms with Crippen LogP contribution in [0.2, 0.25) is 0 Å². The monoisotopic (exact) mass is 488 g/mol. The van der Waals surface area contributed by atoms with E-state index >= 15 is 0 Å². The number of benzene rings is 3. The molecule has 1 amide bonds. The smallest absolute Gasteiger partial charge is 0.329 e. The Morgan fingerprint density at radius 1 is 0.889 bits per heavy atom. The molecule has 8 heteroatoms. The van der Waals surface area contributed by atoms with Crippen LogP contribution in [0.3, 0.4) is 0 Å². The fourth-order valence-corrected chi connectivity index (χ4v) is 3.89. The van der Waals surface area contributed by atoms with Gasteiger partial charge < -0.3 is 9.72 Å². The lowest BCUT2D eigenvalue weighted by Gasteiger charge is -2.29. The van der Waals surface area contributed by atoms with Crippen molar-refractivity contribution in [1.29, 1.82) is 0 Å². The Kier molecular flexibility index (Phi) is 7.34. The minimum absolute atomic E-state index is 0.000149. The first kappa shape index (κ1) is 24.5. The second kappa shape index (κ2) is 10.8. The third-order valence-electron chi connectivity index (χ3n) is 5.72. The van der Waals surface area contributed by atoms with Gasteiger partial charge in [0.25, 0.3) is 11.5 Å². The van der Waals surface area contributed by atoms with Gasteiger partial charge in [-0.25, -0.2) is 13.6 Å². The molecule has 0 saturated heterocycles. The van der Waals surface area contributed by atoms with E-state index in [0.29, 0.717) is 22.3 Å². The van der Waals surface area contributed by atoms with Crippen molar-refractivity contribution in [1.82, 2.24) is 4.98 Å². The van der Waals surface area contributed by atoms with E-state index in [1.165, 1.54) is 25.4 Å². The van der Waals surface area contributed by atoms with Crippen LogP contribution in [0.5, 0.6) is 0 Å². The summed E-state index contributed by atoms with van der Waals surface area (Å²) in [6.07, 6.45) is 1.47. The maximum atomic E-state index is 13.7. The van der Waals surface area contributed by atoms with Crippen LogP contribution in [0.25, 0.3) is 11.1 Å². The van der Waals surface area contributed by atoms with Crippen LogP contribution in [0.4, 0.5) is 14.5 Å². The molecule has 0 saturated carbocycles. The van der Waals surface area contributed by atoms with Gasteiger partial charge in [0.2, 0.25) is 0 Å². The van der Waals surface area contributed by atoms with Crippen molar-refractivity contribution in [3.8, 4) is 11.1 Å². The van der Waals surface area contributed by atoms with Crippen molar-refractivity contribution in [3.63, 3.8) is 0 Å². The van der Waals surface area contributed by atoms with Gasteiger partial charge in [-0.15, -0.1) is 0 Å². The Labute approximate surface area is 205 Å². The third-order valence-corrected chi connectivity index (χ3v) is 5.72. The van der Waals surface area contributed by atoms with Crippen LogP contribution in [0.1, 0.15) is 15.9 Å². The zero-order chi connectivity index (χ0) is 25.7. The number of aromatic nitrogens is 1. The normalized spacial score (nSPS) is 11.5.